The van der Waals surface area contributed by atoms with Crippen LogP contribution in [0.1, 0.15) is 84.3 Å². The molecule has 0 amide bonds. The Bertz CT molecular complexity index is 1570. The lowest BCUT2D eigenvalue weighted by molar-refractivity contribution is -0.172. The fourth-order valence-electron chi connectivity index (χ4n) is 8.67. The smallest absolute Gasteiger partial charge is 0.312 e. The molecule has 0 aromatic heterocycles. The zero-order valence-electron chi connectivity index (χ0n) is 29.6. The number of aliphatic carboxylic acids is 1. The zero-order valence-corrected chi connectivity index (χ0v) is 29.6. The van der Waals surface area contributed by atoms with E-state index < -0.39 is 23.4 Å². The van der Waals surface area contributed by atoms with Crippen LogP contribution in [0.2, 0.25) is 0 Å². The molecule has 7 atom stereocenters. The van der Waals surface area contributed by atoms with Crippen LogP contribution in [0.5, 0.6) is 11.5 Å². The second-order valence-electron chi connectivity index (χ2n) is 15.6. The number of aliphatic hydroxyl groups is 1. The minimum Gasteiger partial charge on any atom is -0.491 e. The molecule has 4 aliphatic rings. The predicted octanol–water partition coefficient (Wildman–Crippen LogP) is 7.27. The van der Waals surface area contributed by atoms with Crippen molar-refractivity contribution in [3.63, 3.8) is 0 Å². The van der Waals surface area contributed by atoms with Crippen molar-refractivity contribution in [1.29, 1.82) is 0 Å². The van der Waals surface area contributed by atoms with Gasteiger partial charge in [0, 0.05) is 5.41 Å². The minimum absolute atomic E-state index is 0.0127. The molecule has 7 unspecified atom stereocenters. The largest absolute Gasteiger partial charge is 0.491 e. The van der Waals surface area contributed by atoms with Crippen molar-refractivity contribution in [3.05, 3.63) is 83.0 Å². The number of carbonyl (C=O) groups is 2. The summed E-state index contributed by atoms with van der Waals surface area (Å²) >= 11 is 0. The van der Waals surface area contributed by atoms with Crippen LogP contribution < -0.4 is 9.47 Å². The number of carboxylic acid groups (broad SMARTS) is 1. The van der Waals surface area contributed by atoms with Gasteiger partial charge in [-0.1, -0.05) is 69.2 Å². The number of carbonyl (C=O) groups excluding carboxylic acids is 1. The van der Waals surface area contributed by atoms with Gasteiger partial charge in [-0.25, -0.2) is 0 Å². The first-order valence-electron chi connectivity index (χ1n) is 17.9. The molecule has 6 rings (SSSR count). The Morgan fingerprint density at radius 3 is 2.22 bits per heavy atom. The van der Waals surface area contributed by atoms with Crippen LogP contribution in [-0.4, -0.2) is 60.8 Å². The SMILES string of the molecule is CC(C(=O)O)C1=CC2=CCC3C(C)(C(=O)OCC(O)COc4ccc(C(C)(C)c5ccc(OCC6CO6)cc5)cc4)CCCC3(C)C2CC1. The van der Waals surface area contributed by atoms with Gasteiger partial charge in [-0.3, -0.25) is 9.59 Å². The van der Waals surface area contributed by atoms with E-state index in [-0.39, 0.29) is 42.0 Å². The van der Waals surface area contributed by atoms with Crippen molar-refractivity contribution in [2.75, 3.05) is 26.4 Å². The summed E-state index contributed by atoms with van der Waals surface area (Å²) in [5.74, 6) is 0.363. The summed E-state index contributed by atoms with van der Waals surface area (Å²) in [6.07, 6.45) is 8.76. The fraction of sp³-hybridized carbons (Fsp3) is 0.561. The highest BCUT2D eigenvalue weighted by Gasteiger charge is 2.57. The van der Waals surface area contributed by atoms with Crippen LogP contribution in [0.4, 0.5) is 0 Å². The second kappa shape index (κ2) is 13.9. The van der Waals surface area contributed by atoms with E-state index in [4.69, 9.17) is 18.9 Å². The van der Waals surface area contributed by atoms with Gasteiger partial charge in [0.1, 0.15) is 43.5 Å². The lowest BCUT2D eigenvalue weighted by Crippen LogP contribution is -2.53. The summed E-state index contributed by atoms with van der Waals surface area (Å²) in [5.41, 5.74) is 3.55. The third kappa shape index (κ3) is 7.32. The van der Waals surface area contributed by atoms with Crippen molar-refractivity contribution in [2.24, 2.45) is 28.6 Å². The van der Waals surface area contributed by atoms with Gasteiger partial charge in [-0.05, 0) is 104 Å². The molecule has 8 heteroatoms. The highest BCUT2D eigenvalue weighted by atomic mass is 16.6. The molecule has 49 heavy (non-hydrogen) atoms. The van der Waals surface area contributed by atoms with Crippen LogP contribution in [0, 0.1) is 28.6 Å². The topological polar surface area (TPSA) is 115 Å². The third-order valence-electron chi connectivity index (χ3n) is 12.1. The highest BCUT2D eigenvalue weighted by molar-refractivity contribution is 5.77. The summed E-state index contributed by atoms with van der Waals surface area (Å²) < 4.78 is 22.7. The average molecular weight is 673 g/mol. The molecule has 2 fully saturated rings. The Kier molecular flexibility index (Phi) is 10.0. The van der Waals surface area contributed by atoms with E-state index >= 15 is 0 Å². The molecular weight excluding hydrogens is 620 g/mol. The maximum Gasteiger partial charge on any atom is 0.312 e. The molecule has 2 aromatic rings. The lowest BCUT2D eigenvalue weighted by atomic mass is 9.47. The number of fused-ring (bicyclic) bond motifs is 3. The van der Waals surface area contributed by atoms with Gasteiger partial charge in [0.05, 0.1) is 17.9 Å². The maximum atomic E-state index is 13.7. The number of ether oxygens (including phenoxy) is 4. The van der Waals surface area contributed by atoms with E-state index in [9.17, 15) is 19.8 Å². The van der Waals surface area contributed by atoms with Gasteiger partial charge in [0.2, 0.25) is 0 Å². The third-order valence-corrected chi connectivity index (χ3v) is 12.1. The van der Waals surface area contributed by atoms with E-state index in [1.54, 1.807) is 6.92 Å². The van der Waals surface area contributed by atoms with Crippen molar-refractivity contribution in [2.45, 2.75) is 90.8 Å². The summed E-state index contributed by atoms with van der Waals surface area (Å²) in [7, 11) is 0. The van der Waals surface area contributed by atoms with Crippen molar-refractivity contribution in [1.82, 2.24) is 0 Å². The number of allylic oxidation sites excluding steroid dienone is 3. The molecule has 2 aromatic carbocycles. The molecule has 264 valence electrons. The Morgan fingerprint density at radius 1 is 0.980 bits per heavy atom. The highest BCUT2D eigenvalue weighted by Crippen LogP contribution is 2.62. The van der Waals surface area contributed by atoms with E-state index in [1.165, 1.54) is 11.1 Å². The Balaban J connectivity index is 1.01. The van der Waals surface area contributed by atoms with Crippen molar-refractivity contribution in [3.8, 4) is 11.5 Å². The van der Waals surface area contributed by atoms with Gasteiger partial charge in [0.25, 0.3) is 0 Å². The van der Waals surface area contributed by atoms with Gasteiger partial charge in [-0.15, -0.1) is 0 Å². The van der Waals surface area contributed by atoms with Crippen LogP contribution >= 0.6 is 0 Å². The first kappa shape index (κ1) is 35.2. The van der Waals surface area contributed by atoms with Gasteiger partial charge < -0.3 is 29.2 Å². The van der Waals surface area contributed by atoms with Gasteiger partial charge in [-0.2, -0.15) is 0 Å². The van der Waals surface area contributed by atoms with Crippen LogP contribution in [0.3, 0.4) is 0 Å². The molecule has 3 aliphatic carbocycles. The number of rotatable bonds is 13. The Labute approximate surface area is 290 Å². The monoisotopic (exact) mass is 672 g/mol. The molecule has 8 nitrogen and oxygen atoms in total. The normalized spacial score (nSPS) is 28.9. The molecular formula is C41H52O8. The number of aliphatic hydroxyl groups excluding tert-OH is 1. The van der Waals surface area contributed by atoms with E-state index in [0.29, 0.717) is 18.3 Å². The van der Waals surface area contributed by atoms with E-state index in [2.05, 4.69) is 45.1 Å². The van der Waals surface area contributed by atoms with Crippen molar-refractivity contribution >= 4 is 11.9 Å². The van der Waals surface area contributed by atoms with Crippen molar-refractivity contribution < 1.29 is 38.7 Å². The summed E-state index contributed by atoms with van der Waals surface area (Å²) in [6.45, 7) is 11.7. The number of benzene rings is 2. The van der Waals surface area contributed by atoms with Gasteiger partial charge >= 0.3 is 11.9 Å². The predicted molar refractivity (Wildman–Crippen MR) is 187 cm³/mol. The van der Waals surface area contributed by atoms with Crippen LogP contribution in [-0.2, 0) is 24.5 Å². The lowest BCUT2D eigenvalue weighted by Gasteiger charge is -2.57. The molecule has 0 spiro atoms. The Hall–Kier alpha value is -3.62. The molecule has 1 saturated heterocycles. The first-order chi connectivity index (χ1) is 23.3. The number of hydrogen-bond donors (Lipinski definition) is 2. The van der Waals surface area contributed by atoms with E-state index in [0.717, 1.165) is 62.0 Å². The number of epoxide rings is 1. The Morgan fingerprint density at radius 2 is 1.61 bits per heavy atom. The zero-order chi connectivity index (χ0) is 35.0. The summed E-state index contributed by atoms with van der Waals surface area (Å²) in [5, 5.41) is 20.3. The number of hydrogen-bond acceptors (Lipinski definition) is 7. The number of esters is 1. The summed E-state index contributed by atoms with van der Waals surface area (Å²) in [4.78, 5) is 25.3. The summed E-state index contributed by atoms with van der Waals surface area (Å²) in [6, 6.07) is 16.1. The molecule has 1 aliphatic heterocycles. The van der Waals surface area contributed by atoms with E-state index in [1.807, 2.05) is 43.3 Å². The number of carboxylic acids is 1. The average Bonchev–Trinajstić information content (AvgIpc) is 3.93. The van der Waals surface area contributed by atoms with Crippen LogP contribution in [0.25, 0.3) is 0 Å². The molecule has 2 N–H and O–H groups in total. The van der Waals surface area contributed by atoms with Crippen LogP contribution in [0.15, 0.2) is 71.8 Å². The minimum atomic E-state index is -0.957. The molecule has 1 heterocycles. The fourth-order valence-corrected chi connectivity index (χ4v) is 8.67. The maximum absolute atomic E-state index is 13.7. The molecule has 0 radical (unpaired) electrons. The van der Waals surface area contributed by atoms with Gasteiger partial charge in [0.15, 0.2) is 0 Å². The quantitative estimate of drug-likeness (QED) is 0.169. The standard InChI is InChI=1S/C41H52O8/c1-26(37(43)44)27-7-17-35-28(21-27)8-18-36-40(35,4)19-6-20-41(36,5)38(45)49-23-31(42)22-46-32-13-9-29(10-14-32)39(2,3)30-11-15-33(16-12-30)47-24-34-25-48-34/h8-16,21,26,31,34-36,42H,6-7,17-20,22-25H2,1-5H3,(H,43,44). The molecule has 0 bridgehead atoms. The second-order valence-corrected chi connectivity index (χ2v) is 15.6. The molecule has 1 saturated carbocycles. The first-order valence-corrected chi connectivity index (χ1v) is 17.9.